The quantitative estimate of drug-likeness (QED) is 0.768. The number of carbonyl (C=O) groups excluding carboxylic acids is 3. The van der Waals surface area contributed by atoms with Gasteiger partial charge in [0.1, 0.15) is 11.6 Å². The van der Waals surface area contributed by atoms with E-state index in [4.69, 9.17) is 4.74 Å². The first-order chi connectivity index (χ1) is 8.95. The van der Waals surface area contributed by atoms with Gasteiger partial charge in [0, 0.05) is 24.9 Å². The Hall–Kier alpha value is -1.39. The number of likely N-dealkylation sites (tertiary alicyclic amines) is 1. The van der Waals surface area contributed by atoms with E-state index in [-0.39, 0.29) is 23.7 Å². The maximum absolute atomic E-state index is 12.1. The lowest BCUT2D eigenvalue weighted by Crippen LogP contribution is -2.51. The van der Waals surface area contributed by atoms with Crippen LogP contribution in [0, 0.1) is 0 Å². The molecule has 0 aromatic heterocycles. The van der Waals surface area contributed by atoms with Crippen LogP contribution in [0.25, 0.3) is 0 Å². The number of ether oxygens (including phenoxy) is 1. The molecule has 2 atom stereocenters. The molecule has 0 saturated carbocycles. The van der Waals surface area contributed by atoms with E-state index in [1.54, 1.807) is 11.8 Å². The molecular formula is C14H23NO4. The third kappa shape index (κ3) is 4.65. The van der Waals surface area contributed by atoms with Crippen LogP contribution in [0.2, 0.25) is 0 Å². The van der Waals surface area contributed by atoms with Crippen LogP contribution in [0.4, 0.5) is 4.79 Å². The molecule has 0 radical (unpaired) electrons. The minimum absolute atomic E-state index is 0.0581. The summed E-state index contributed by atoms with van der Waals surface area (Å²) < 4.78 is 5.07. The lowest BCUT2D eigenvalue weighted by Gasteiger charge is -2.40. The molecule has 5 nitrogen and oxygen atoms in total. The van der Waals surface area contributed by atoms with Crippen LogP contribution in [0.5, 0.6) is 0 Å². The lowest BCUT2D eigenvalue weighted by molar-refractivity contribution is -0.119. The fourth-order valence-electron chi connectivity index (χ4n) is 2.73. The van der Waals surface area contributed by atoms with Gasteiger partial charge in [0.05, 0.1) is 6.61 Å². The van der Waals surface area contributed by atoms with E-state index >= 15 is 0 Å². The molecule has 108 valence electrons. The van der Waals surface area contributed by atoms with Gasteiger partial charge in [-0.15, -0.1) is 0 Å². The smallest absolute Gasteiger partial charge is 0.410 e. The Labute approximate surface area is 114 Å². The van der Waals surface area contributed by atoms with E-state index in [0.717, 1.165) is 19.3 Å². The van der Waals surface area contributed by atoms with Crippen molar-refractivity contribution in [2.45, 2.75) is 65.0 Å². The molecule has 0 bridgehead atoms. The second-order valence-corrected chi connectivity index (χ2v) is 5.16. The summed E-state index contributed by atoms with van der Waals surface area (Å²) in [6, 6.07) is -0.260. The number of nitrogens with zero attached hydrogens (tertiary/aromatic N) is 1. The molecule has 5 heteroatoms. The van der Waals surface area contributed by atoms with Gasteiger partial charge >= 0.3 is 6.09 Å². The number of piperidine rings is 1. The van der Waals surface area contributed by atoms with Crippen molar-refractivity contribution in [1.29, 1.82) is 0 Å². The minimum Gasteiger partial charge on any atom is -0.450 e. The van der Waals surface area contributed by atoms with Crippen molar-refractivity contribution in [2.75, 3.05) is 6.61 Å². The number of Topliss-reactive ketones (excluding diaryl/α,β-unsaturated/α-hetero) is 2. The van der Waals surface area contributed by atoms with Gasteiger partial charge in [0.15, 0.2) is 0 Å². The molecule has 0 aromatic rings. The summed E-state index contributed by atoms with van der Waals surface area (Å²) in [6.07, 6.45) is 2.81. The van der Waals surface area contributed by atoms with Crippen molar-refractivity contribution in [1.82, 2.24) is 4.90 Å². The normalized spacial score (nSPS) is 23.0. The van der Waals surface area contributed by atoms with Gasteiger partial charge in [0.25, 0.3) is 0 Å². The van der Waals surface area contributed by atoms with Crippen molar-refractivity contribution in [2.24, 2.45) is 0 Å². The Balaban J connectivity index is 2.86. The van der Waals surface area contributed by atoms with Gasteiger partial charge in [-0.25, -0.2) is 4.79 Å². The van der Waals surface area contributed by atoms with Crippen LogP contribution in [0.15, 0.2) is 0 Å². The van der Waals surface area contributed by atoms with Crippen LogP contribution >= 0.6 is 0 Å². The average molecular weight is 269 g/mol. The molecule has 1 amide bonds. The van der Waals surface area contributed by atoms with Gasteiger partial charge in [0.2, 0.25) is 0 Å². The maximum Gasteiger partial charge on any atom is 0.410 e. The molecule has 1 aliphatic heterocycles. The standard InChI is InChI=1S/C14H23NO4/c1-4-19-14(18)15-12(8-10(2)16)6-5-7-13(15)9-11(3)17/h12-13H,4-9H2,1-3H3. The third-order valence-electron chi connectivity index (χ3n) is 3.39. The Morgan fingerprint density at radius 3 is 1.89 bits per heavy atom. The summed E-state index contributed by atoms with van der Waals surface area (Å²) in [5.41, 5.74) is 0. The number of amides is 1. The average Bonchev–Trinajstić information content (AvgIpc) is 2.27. The second kappa shape index (κ2) is 7.26. The lowest BCUT2D eigenvalue weighted by atomic mass is 9.90. The van der Waals surface area contributed by atoms with Crippen LogP contribution in [0.1, 0.15) is 52.9 Å². The Bertz CT molecular complexity index is 329. The van der Waals surface area contributed by atoms with Crippen LogP contribution in [0.3, 0.4) is 0 Å². The molecule has 1 aliphatic rings. The molecule has 19 heavy (non-hydrogen) atoms. The third-order valence-corrected chi connectivity index (χ3v) is 3.39. The van der Waals surface area contributed by atoms with E-state index in [2.05, 4.69) is 0 Å². The van der Waals surface area contributed by atoms with Crippen LogP contribution in [-0.4, -0.2) is 41.3 Å². The summed E-state index contributed by atoms with van der Waals surface area (Å²) in [4.78, 5) is 36.3. The topological polar surface area (TPSA) is 63.7 Å². The highest BCUT2D eigenvalue weighted by molar-refractivity contribution is 5.79. The Kier molecular flexibility index (Phi) is 5.99. The molecule has 2 unspecified atom stereocenters. The number of hydrogen-bond donors (Lipinski definition) is 0. The highest BCUT2D eigenvalue weighted by Crippen LogP contribution is 2.28. The molecule has 0 N–H and O–H groups in total. The monoisotopic (exact) mass is 269 g/mol. The fraction of sp³-hybridized carbons (Fsp3) is 0.786. The van der Waals surface area contributed by atoms with Crippen molar-refractivity contribution < 1.29 is 19.1 Å². The zero-order valence-corrected chi connectivity index (χ0v) is 12.0. The number of hydrogen-bond acceptors (Lipinski definition) is 4. The zero-order chi connectivity index (χ0) is 14.4. The van der Waals surface area contributed by atoms with Gasteiger partial charge in [-0.1, -0.05) is 0 Å². The number of ketones is 2. The van der Waals surface area contributed by atoms with E-state index < -0.39 is 6.09 Å². The highest BCUT2D eigenvalue weighted by atomic mass is 16.6. The van der Waals surface area contributed by atoms with Gasteiger partial charge < -0.3 is 9.64 Å². The second-order valence-electron chi connectivity index (χ2n) is 5.16. The first-order valence-electron chi connectivity index (χ1n) is 6.89. The van der Waals surface area contributed by atoms with Crippen molar-refractivity contribution in [3.05, 3.63) is 0 Å². The van der Waals surface area contributed by atoms with Crippen molar-refractivity contribution in [3.8, 4) is 0 Å². The van der Waals surface area contributed by atoms with E-state index in [1.165, 1.54) is 13.8 Å². The molecule has 0 spiro atoms. The van der Waals surface area contributed by atoms with Crippen molar-refractivity contribution >= 4 is 17.7 Å². The maximum atomic E-state index is 12.1. The number of carbonyl (C=O) groups is 3. The van der Waals surface area contributed by atoms with E-state index in [0.29, 0.717) is 19.4 Å². The molecule has 1 fully saturated rings. The molecule has 0 aliphatic carbocycles. The number of rotatable bonds is 5. The molecular weight excluding hydrogens is 246 g/mol. The molecule has 1 heterocycles. The van der Waals surface area contributed by atoms with Gasteiger partial charge in [-0.2, -0.15) is 0 Å². The van der Waals surface area contributed by atoms with Gasteiger partial charge in [-0.3, -0.25) is 9.59 Å². The SMILES string of the molecule is CCOC(=O)N1C(CC(C)=O)CCCC1CC(C)=O. The van der Waals surface area contributed by atoms with Crippen LogP contribution in [-0.2, 0) is 14.3 Å². The summed E-state index contributed by atoms with van der Waals surface area (Å²) in [6.45, 7) is 5.10. The molecule has 1 saturated heterocycles. The van der Waals surface area contributed by atoms with E-state index in [1.807, 2.05) is 0 Å². The van der Waals surface area contributed by atoms with Crippen LogP contribution < -0.4 is 0 Å². The summed E-state index contributed by atoms with van der Waals surface area (Å²) in [5.74, 6) is 0.116. The van der Waals surface area contributed by atoms with Crippen molar-refractivity contribution in [3.63, 3.8) is 0 Å². The zero-order valence-electron chi connectivity index (χ0n) is 12.0. The first-order valence-corrected chi connectivity index (χ1v) is 6.89. The first kappa shape index (κ1) is 15.7. The highest BCUT2D eigenvalue weighted by Gasteiger charge is 2.36. The Morgan fingerprint density at radius 1 is 1.05 bits per heavy atom. The predicted molar refractivity (Wildman–Crippen MR) is 70.9 cm³/mol. The fourth-order valence-corrected chi connectivity index (χ4v) is 2.73. The largest absolute Gasteiger partial charge is 0.450 e. The minimum atomic E-state index is -0.403. The molecule has 1 rings (SSSR count). The van der Waals surface area contributed by atoms with E-state index in [9.17, 15) is 14.4 Å². The van der Waals surface area contributed by atoms with Gasteiger partial charge in [-0.05, 0) is 40.0 Å². The summed E-state index contributed by atoms with van der Waals surface area (Å²) >= 11 is 0. The predicted octanol–water partition coefficient (Wildman–Crippen LogP) is 2.32. The summed E-state index contributed by atoms with van der Waals surface area (Å²) in [7, 11) is 0. The summed E-state index contributed by atoms with van der Waals surface area (Å²) in [5, 5.41) is 0. The Morgan fingerprint density at radius 2 is 1.53 bits per heavy atom. The molecule has 0 aromatic carbocycles.